The van der Waals surface area contributed by atoms with Crippen molar-refractivity contribution in [3.05, 3.63) is 48.6 Å². The lowest BCUT2D eigenvalue weighted by Gasteiger charge is -2.18. The fourth-order valence-corrected chi connectivity index (χ4v) is 7.05. The maximum atomic E-state index is 12.5. The van der Waals surface area contributed by atoms with Gasteiger partial charge in [-0.05, 0) is 77.0 Å². The summed E-state index contributed by atoms with van der Waals surface area (Å²) in [5, 5.41) is 0. The van der Waals surface area contributed by atoms with E-state index in [-0.39, 0.29) is 31.7 Å². The number of hydrogen-bond acceptors (Lipinski definition) is 7. The van der Waals surface area contributed by atoms with Crippen molar-refractivity contribution in [3.8, 4) is 0 Å². The summed E-state index contributed by atoms with van der Waals surface area (Å²) in [6, 6.07) is 0. The number of epoxide rings is 1. The molecule has 330 valence electrons. The molecule has 57 heavy (non-hydrogen) atoms. The average molecular weight is 823 g/mol. The minimum absolute atomic E-state index is 0.137. The van der Waals surface area contributed by atoms with E-state index in [1.165, 1.54) is 122 Å². The lowest BCUT2D eigenvalue weighted by Crippen LogP contribution is -2.29. The molecule has 1 rings (SSSR count). The van der Waals surface area contributed by atoms with E-state index >= 15 is 0 Å². The van der Waals surface area contributed by atoms with Gasteiger partial charge in [-0.25, -0.2) is 4.57 Å². The second-order valence-corrected chi connectivity index (χ2v) is 17.0. The molecule has 3 atom stereocenters. The summed E-state index contributed by atoms with van der Waals surface area (Å²) in [5.41, 5.74) is 0. The van der Waals surface area contributed by atoms with E-state index < -0.39 is 32.5 Å². The Balaban J connectivity index is 2.07. The van der Waals surface area contributed by atoms with Gasteiger partial charge >= 0.3 is 19.8 Å². The summed E-state index contributed by atoms with van der Waals surface area (Å²) in [6.07, 6.45) is 50.0. The molecular weight excluding hydrogens is 739 g/mol. The molecule has 1 saturated heterocycles. The van der Waals surface area contributed by atoms with E-state index in [2.05, 4.69) is 67.0 Å². The van der Waals surface area contributed by atoms with Crippen LogP contribution < -0.4 is 0 Å². The minimum atomic E-state index is -4.78. The molecule has 0 saturated carbocycles. The molecule has 10 heteroatoms. The second kappa shape index (κ2) is 38.2. The van der Waals surface area contributed by atoms with Gasteiger partial charge in [0.1, 0.15) is 6.61 Å². The smallest absolute Gasteiger partial charge is 0.462 e. The number of carbonyl (C=O) groups excluding carboxylic acids is 2. The van der Waals surface area contributed by atoms with E-state index in [0.29, 0.717) is 12.8 Å². The summed E-state index contributed by atoms with van der Waals surface area (Å²) in [6.45, 7) is 3.60. The Morgan fingerprint density at radius 3 is 1.60 bits per heavy atom. The highest BCUT2D eigenvalue weighted by atomic mass is 31.2. The minimum Gasteiger partial charge on any atom is -0.462 e. The highest BCUT2D eigenvalue weighted by molar-refractivity contribution is 7.46. The molecular formula is C47H83O9P. The number of hydrogen-bond donors (Lipinski definition) is 2. The van der Waals surface area contributed by atoms with Crippen molar-refractivity contribution in [2.24, 2.45) is 0 Å². The maximum absolute atomic E-state index is 12.5. The summed E-state index contributed by atoms with van der Waals surface area (Å²) >= 11 is 0. The van der Waals surface area contributed by atoms with E-state index in [4.69, 9.17) is 24.0 Å². The van der Waals surface area contributed by atoms with Gasteiger partial charge in [-0.2, -0.15) is 0 Å². The molecule has 9 nitrogen and oxygen atoms in total. The Kier molecular flexibility index (Phi) is 35.5. The van der Waals surface area contributed by atoms with Crippen molar-refractivity contribution >= 4 is 19.8 Å². The molecule has 1 aliphatic rings. The van der Waals surface area contributed by atoms with Gasteiger partial charge in [0, 0.05) is 12.8 Å². The average Bonchev–Trinajstić information content (AvgIpc) is 3.94. The van der Waals surface area contributed by atoms with Crippen LogP contribution in [0, 0.1) is 0 Å². The van der Waals surface area contributed by atoms with Gasteiger partial charge in [0.25, 0.3) is 0 Å². The summed E-state index contributed by atoms with van der Waals surface area (Å²) < 4.78 is 32.2. The van der Waals surface area contributed by atoms with Gasteiger partial charge in [-0.15, -0.1) is 0 Å². The van der Waals surface area contributed by atoms with Crippen LogP contribution in [0.5, 0.6) is 0 Å². The second-order valence-electron chi connectivity index (χ2n) is 15.8. The molecule has 1 aliphatic heterocycles. The molecule has 0 radical (unpaired) electrons. The monoisotopic (exact) mass is 823 g/mol. The molecule has 1 fully saturated rings. The van der Waals surface area contributed by atoms with Crippen LogP contribution in [0.1, 0.15) is 206 Å². The van der Waals surface area contributed by atoms with Crippen LogP contribution in [0.2, 0.25) is 0 Å². The summed E-state index contributed by atoms with van der Waals surface area (Å²) in [5.74, 6) is -0.959. The first kappa shape index (κ1) is 53.0. The Morgan fingerprint density at radius 2 is 1.02 bits per heavy atom. The van der Waals surface area contributed by atoms with Gasteiger partial charge in [0.05, 0.1) is 18.8 Å². The van der Waals surface area contributed by atoms with Crippen LogP contribution in [-0.4, -0.2) is 53.3 Å². The first-order valence-electron chi connectivity index (χ1n) is 23.1. The zero-order valence-corrected chi connectivity index (χ0v) is 37.1. The Hall–Kier alpha value is -2.03. The van der Waals surface area contributed by atoms with Crippen LogP contribution in [0.25, 0.3) is 0 Å². The van der Waals surface area contributed by atoms with Crippen molar-refractivity contribution in [2.45, 2.75) is 225 Å². The first-order valence-corrected chi connectivity index (χ1v) is 24.6. The summed E-state index contributed by atoms with van der Waals surface area (Å²) in [4.78, 5) is 43.1. The molecule has 0 spiro atoms. The van der Waals surface area contributed by atoms with Crippen LogP contribution in [0.15, 0.2) is 48.6 Å². The zero-order valence-electron chi connectivity index (χ0n) is 36.2. The van der Waals surface area contributed by atoms with Gasteiger partial charge in [0.15, 0.2) is 6.10 Å². The molecule has 2 unspecified atom stereocenters. The number of unbranched alkanes of at least 4 members (excludes halogenated alkanes) is 20. The molecule has 0 aliphatic carbocycles. The lowest BCUT2D eigenvalue weighted by atomic mass is 10.0. The van der Waals surface area contributed by atoms with Crippen LogP contribution >= 0.6 is 7.82 Å². The first-order chi connectivity index (χ1) is 27.7. The predicted octanol–water partition coefficient (Wildman–Crippen LogP) is 13.3. The van der Waals surface area contributed by atoms with E-state index in [1.54, 1.807) is 0 Å². The molecule has 0 amide bonds. The van der Waals surface area contributed by atoms with Crippen molar-refractivity contribution in [2.75, 3.05) is 13.2 Å². The van der Waals surface area contributed by atoms with Gasteiger partial charge in [-0.1, -0.05) is 165 Å². The number of esters is 2. The third kappa shape index (κ3) is 38.0. The molecule has 0 aromatic rings. The topological polar surface area (TPSA) is 132 Å². The largest absolute Gasteiger partial charge is 0.469 e. The Bertz CT molecular complexity index is 1130. The van der Waals surface area contributed by atoms with Crippen molar-refractivity contribution in [3.63, 3.8) is 0 Å². The Morgan fingerprint density at radius 1 is 0.561 bits per heavy atom. The number of phosphoric acid groups is 1. The number of allylic oxidation sites excluding steroid dienone is 7. The van der Waals surface area contributed by atoms with E-state index in [1.807, 2.05) is 0 Å². The lowest BCUT2D eigenvalue weighted by molar-refractivity contribution is -0.161. The normalized spacial score (nSPS) is 16.4. The zero-order chi connectivity index (χ0) is 41.5. The van der Waals surface area contributed by atoms with Crippen molar-refractivity contribution in [1.82, 2.24) is 0 Å². The van der Waals surface area contributed by atoms with Crippen LogP contribution in [0.3, 0.4) is 0 Å². The standard InChI is InChI=1S/C47H83O9P/c1-3-5-7-9-11-13-15-17-18-19-20-21-22-23-24-25-27-29-31-33-35-39-47(49)55-43(42-54-57(50,51)52)41-53-46(48)40-36-38-45-44(56-45)37-34-32-30-28-26-16-14-12-10-8-6-4-2/h12,14,17-18,26,28,32,34,43-45H,3-11,13,15-16,19-25,27,29-31,33,35-42H2,1-2H3,(H2,50,51,52)/b14-12-,18-17-,28-26-,34-32-/t43-,44?,45?/m1/s1. The van der Waals surface area contributed by atoms with Gasteiger partial charge < -0.3 is 24.0 Å². The fourth-order valence-electron chi connectivity index (χ4n) is 6.69. The van der Waals surface area contributed by atoms with Gasteiger partial charge in [0.2, 0.25) is 0 Å². The number of phosphoric ester groups is 1. The molecule has 0 bridgehead atoms. The van der Waals surface area contributed by atoms with Gasteiger partial charge in [-0.3, -0.25) is 14.1 Å². The highest BCUT2D eigenvalue weighted by Crippen LogP contribution is 2.36. The van der Waals surface area contributed by atoms with E-state index in [0.717, 1.165) is 44.9 Å². The summed E-state index contributed by atoms with van der Waals surface area (Å²) in [7, 11) is -4.78. The molecule has 0 aromatic heterocycles. The SMILES string of the molecule is CCCCC/C=C\C/C=C\C/C=C\CC1OC1CCCC(=O)OC[C@H](COP(=O)(O)O)OC(=O)CCCCCCCCCCCCC/C=C\CCCCCCCC. The van der Waals surface area contributed by atoms with Crippen LogP contribution in [-0.2, 0) is 32.9 Å². The van der Waals surface area contributed by atoms with Crippen LogP contribution in [0.4, 0.5) is 0 Å². The van der Waals surface area contributed by atoms with Crippen molar-refractivity contribution < 1.29 is 42.7 Å². The number of carbonyl (C=O) groups is 2. The highest BCUT2D eigenvalue weighted by Gasteiger charge is 2.36. The molecule has 0 aromatic carbocycles. The Labute approximate surface area is 348 Å². The number of rotatable bonds is 41. The molecule has 2 N–H and O–H groups in total. The fraction of sp³-hybridized carbons (Fsp3) is 0.787. The third-order valence-corrected chi connectivity index (χ3v) is 10.7. The van der Waals surface area contributed by atoms with Crippen molar-refractivity contribution in [1.29, 1.82) is 0 Å². The number of ether oxygens (including phenoxy) is 3. The van der Waals surface area contributed by atoms with E-state index in [9.17, 15) is 14.2 Å². The molecule has 1 heterocycles. The quantitative estimate of drug-likeness (QED) is 0.0203. The maximum Gasteiger partial charge on any atom is 0.469 e. The third-order valence-electron chi connectivity index (χ3n) is 10.2. The predicted molar refractivity (Wildman–Crippen MR) is 234 cm³/mol.